The van der Waals surface area contributed by atoms with E-state index < -0.39 is 0 Å². The quantitative estimate of drug-likeness (QED) is 0.812. The van der Waals surface area contributed by atoms with Gasteiger partial charge < -0.3 is 15.6 Å². The second-order valence-electron chi connectivity index (χ2n) is 3.18. The van der Waals surface area contributed by atoms with Crippen LogP contribution in [0.15, 0.2) is 12.1 Å². The topological polar surface area (TPSA) is 55.5 Å². The minimum absolute atomic E-state index is 0.0819. The Morgan fingerprint density at radius 2 is 2.21 bits per heavy atom. The first kappa shape index (κ1) is 11.1. The Kier molecular flexibility index (Phi) is 3.61. The Bertz CT molecular complexity index is 328. The summed E-state index contributed by atoms with van der Waals surface area (Å²) < 4.78 is 4.97. The SMILES string of the molecule is COc1cc(O)c(C(C)CN)cc1Cl. The predicted octanol–water partition coefficient (Wildman–Crippen LogP) is 2.12. The monoisotopic (exact) mass is 215 g/mol. The summed E-state index contributed by atoms with van der Waals surface area (Å²) in [5.41, 5.74) is 6.26. The third-order valence-corrected chi connectivity index (χ3v) is 2.48. The molecule has 0 aliphatic carbocycles. The molecule has 78 valence electrons. The zero-order valence-corrected chi connectivity index (χ0v) is 9.01. The van der Waals surface area contributed by atoms with Crippen LogP contribution in [-0.2, 0) is 0 Å². The minimum atomic E-state index is 0.0819. The van der Waals surface area contributed by atoms with Gasteiger partial charge in [-0.3, -0.25) is 0 Å². The van der Waals surface area contributed by atoms with Gasteiger partial charge in [0.05, 0.1) is 12.1 Å². The van der Waals surface area contributed by atoms with Gasteiger partial charge in [-0.2, -0.15) is 0 Å². The van der Waals surface area contributed by atoms with Gasteiger partial charge >= 0.3 is 0 Å². The van der Waals surface area contributed by atoms with E-state index in [-0.39, 0.29) is 11.7 Å². The van der Waals surface area contributed by atoms with Crippen molar-refractivity contribution in [3.8, 4) is 11.5 Å². The maximum absolute atomic E-state index is 9.65. The van der Waals surface area contributed by atoms with Crippen LogP contribution in [0.4, 0.5) is 0 Å². The van der Waals surface area contributed by atoms with Gasteiger partial charge in [-0.25, -0.2) is 0 Å². The van der Waals surface area contributed by atoms with E-state index in [2.05, 4.69) is 0 Å². The van der Waals surface area contributed by atoms with Crippen LogP contribution in [0.25, 0.3) is 0 Å². The maximum Gasteiger partial charge on any atom is 0.141 e. The molecule has 0 fully saturated rings. The zero-order chi connectivity index (χ0) is 10.7. The molecule has 14 heavy (non-hydrogen) atoms. The highest BCUT2D eigenvalue weighted by Crippen LogP contribution is 2.35. The summed E-state index contributed by atoms with van der Waals surface area (Å²) in [6.45, 7) is 2.40. The lowest BCUT2D eigenvalue weighted by Gasteiger charge is -2.13. The van der Waals surface area contributed by atoms with Crippen molar-refractivity contribution in [3.05, 3.63) is 22.7 Å². The Morgan fingerprint density at radius 1 is 1.57 bits per heavy atom. The summed E-state index contributed by atoms with van der Waals surface area (Å²) in [6, 6.07) is 3.19. The van der Waals surface area contributed by atoms with Crippen LogP contribution in [0.1, 0.15) is 18.4 Å². The molecule has 0 amide bonds. The molecule has 3 N–H and O–H groups in total. The van der Waals surface area contributed by atoms with Crippen molar-refractivity contribution in [1.82, 2.24) is 0 Å². The number of hydrogen-bond acceptors (Lipinski definition) is 3. The summed E-state index contributed by atoms with van der Waals surface area (Å²) in [4.78, 5) is 0. The Labute approximate surface area is 88.4 Å². The van der Waals surface area contributed by atoms with E-state index in [4.69, 9.17) is 22.1 Å². The molecule has 0 aliphatic rings. The average Bonchev–Trinajstić information content (AvgIpc) is 2.19. The van der Waals surface area contributed by atoms with Gasteiger partial charge in [0.1, 0.15) is 11.5 Å². The molecule has 0 aliphatic heterocycles. The molecule has 1 aromatic rings. The van der Waals surface area contributed by atoms with E-state index in [1.807, 2.05) is 6.92 Å². The number of hydrogen-bond donors (Lipinski definition) is 2. The third-order valence-electron chi connectivity index (χ3n) is 2.19. The predicted molar refractivity (Wildman–Crippen MR) is 57.1 cm³/mol. The molecule has 0 bridgehead atoms. The maximum atomic E-state index is 9.65. The lowest BCUT2D eigenvalue weighted by molar-refractivity contribution is 0.406. The number of phenolic OH excluding ortho intramolecular Hbond substituents is 1. The van der Waals surface area contributed by atoms with Crippen molar-refractivity contribution < 1.29 is 9.84 Å². The summed E-state index contributed by atoms with van der Waals surface area (Å²) in [6.07, 6.45) is 0. The fraction of sp³-hybridized carbons (Fsp3) is 0.400. The lowest BCUT2D eigenvalue weighted by Crippen LogP contribution is -2.09. The normalized spacial score (nSPS) is 12.6. The van der Waals surface area contributed by atoms with Gasteiger partial charge in [-0.15, -0.1) is 0 Å². The van der Waals surface area contributed by atoms with Crippen LogP contribution in [0, 0.1) is 0 Å². The number of nitrogens with two attached hydrogens (primary N) is 1. The Balaban J connectivity index is 3.14. The molecule has 4 heteroatoms. The first-order valence-electron chi connectivity index (χ1n) is 4.36. The van der Waals surface area contributed by atoms with Crippen molar-refractivity contribution in [1.29, 1.82) is 0 Å². The molecule has 1 aromatic carbocycles. The van der Waals surface area contributed by atoms with Crippen molar-refractivity contribution in [2.75, 3.05) is 13.7 Å². The smallest absolute Gasteiger partial charge is 0.141 e. The average molecular weight is 216 g/mol. The molecule has 0 aromatic heterocycles. The Morgan fingerprint density at radius 3 is 2.71 bits per heavy atom. The second-order valence-corrected chi connectivity index (χ2v) is 3.59. The van der Waals surface area contributed by atoms with Gasteiger partial charge in [-0.05, 0) is 24.1 Å². The first-order valence-corrected chi connectivity index (χ1v) is 4.74. The molecule has 0 spiro atoms. The number of ether oxygens (including phenoxy) is 1. The van der Waals surface area contributed by atoms with Gasteiger partial charge in [0.2, 0.25) is 0 Å². The van der Waals surface area contributed by atoms with Gasteiger partial charge in [-0.1, -0.05) is 18.5 Å². The van der Waals surface area contributed by atoms with E-state index in [1.165, 1.54) is 13.2 Å². The molecule has 1 unspecified atom stereocenters. The summed E-state index contributed by atoms with van der Waals surface area (Å²) in [5.74, 6) is 0.722. The standard InChI is InChI=1S/C10H14ClNO2/c1-6(5-12)7-3-8(11)10(14-2)4-9(7)13/h3-4,6,13H,5,12H2,1-2H3. The van der Waals surface area contributed by atoms with Crippen LogP contribution in [0.3, 0.4) is 0 Å². The molecule has 1 rings (SSSR count). The van der Waals surface area contributed by atoms with Crippen molar-refractivity contribution >= 4 is 11.6 Å². The largest absolute Gasteiger partial charge is 0.508 e. The van der Waals surface area contributed by atoms with Crippen molar-refractivity contribution in [2.45, 2.75) is 12.8 Å². The number of phenols is 1. The number of rotatable bonds is 3. The highest BCUT2D eigenvalue weighted by molar-refractivity contribution is 6.32. The fourth-order valence-electron chi connectivity index (χ4n) is 1.24. The molecule has 3 nitrogen and oxygen atoms in total. The van der Waals surface area contributed by atoms with Crippen LogP contribution in [-0.4, -0.2) is 18.8 Å². The zero-order valence-electron chi connectivity index (χ0n) is 8.25. The van der Waals surface area contributed by atoms with Crippen molar-refractivity contribution in [3.63, 3.8) is 0 Å². The minimum Gasteiger partial charge on any atom is -0.508 e. The van der Waals surface area contributed by atoms with Crippen LogP contribution in [0.5, 0.6) is 11.5 Å². The third kappa shape index (κ3) is 2.11. The number of halogens is 1. The van der Waals surface area contributed by atoms with Crippen LogP contribution in [0.2, 0.25) is 5.02 Å². The van der Waals surface area contributed by atoms with E-state index >= 15 is 0 Å². The number of benzene rings is 1. The molecule has 0 saturated carbocycles. The molecule has 0 saturated heterocycles. The highest BCUT2D eigenvalue weighted by atomic mass is 35.5. The van der Waals surface area contributed by atoms with E-state index in [9.17, 15) is 5.11 Å². The summed E-state index contributed by atoms with van der Waals surface area (Å²) in [5, 5.41) is 10.1. The molecule has 1 atom stereocenters. The van der Waals surface area contributed by atoms with E-state index in [0.717, 1.165) is 5.56 Å². The molecule has 0 heterocycles. The van der Waals surface area contributed by atoms with Crippen LogP contribution < -0.4 is 10.5 Å². The Hall–Kier alpha value is -0.930. The molecular weight excluding hydrogens is 202 g/mol. The lowest BCUT2D eigenvalue weighted by atomic mass is 10.0. The first-order chi connectivity index (χ1) is 6.60. The van der Waals surface area contributed by atoms with E-state index in [0.29, 0.717) is 17.3 Å². The van der Waals surface area contributed by atoms with E-state index in [1.54, 1.807) is 6.07 Å². The van der Waals surface area contributed by atoms with Gasteiger partial charge in [0.25, 0.3) is 0 Å². The van der Waals surface area contributed by atoms with Crippen molar-refractivity contribution in [2.24, 2.45) is 5.73 Å². The van der Waals surface area contributed by atoms with Gasteiger partial charge in [0, 0.05) is 6.07 Å². The molecule has 0 radical (unpaired) electrons. The summed E-state index contributed by atoms with van der Waals surface area (Å²) >= 11 is 5.93. The van der Waals surface area contributed by atoms with Gasteiger partial charge in [0.15, 0.2) is 0 Å². The number of methoxy groups -OCH3 is 1. The summed E-state index contributed by atoms with van der Waals surface area (Å²) in [7, 11) is 1.51. The fourth-order valence-corrected chi connectivity index (χ4v) is 1.49. The molecular formula is C10H14ClNO2. The highest BCUT2D eigenvalue weighted by Gasteiger charge is 2.12. The van der Waals surface area contributed by atoms with Crippen LogP contribution >= 0.6 is 11.6 Å². The second kappa shape index (κ2) is 4.53. The number of aromatic hydroxyl groups is 1.